The molecule has 5 rings (SSSR count). The third-order valence-corrected chi connectivity index (χ3v) is 9.32. The summed E-state index contributed by atoms with van der Waals surface area (Å²) in [4.78, 5) is 59.9. The molecule has 3 aromatic rings. The number of fused-ring (bicyclic) bond motifs is 2. The third kappa shape index (κ3) is 6.84. The first-order valence-corrected chi connectivity index (χ1v) is 15.9. The molecule has 4 amide bonds. The van der Waals surface area contributed by atoms with Gasteiger partial charge in [-0.05, 0) is 53.8 Å². The minimum absolute atomic E-state index is 0.155. The fraction of sp³-hybridized carbons (Fsp3) is 0.429. The van der Waals surface area contributed by atoms with Crippen LogP contribution in [0, 0.1) is 5.41 Å². The van der Waals surface area contributed by atoms with Crippen LogP contribution in [0.1, 0.15) is 38.8 Å². The van der Waals surface area contributed by atoms with E-state index in [1.54, 1.807) is 28.7 Å². The van der Waals surface area contributed by atoms with Gasteiger partial charge in [-0.2, -0.15) is 0 Å². The lowest BCUT2D eigenvalue weighted by Crippen LogP contribution is -2.66. The Morgan fingerprint density at radius 1 is 1.00 bits per heavy atom. The van der Waals surface area contributed by atoms with Crippen LogP contribution >= 0.6 is 11.6 Å². The van der Waals surface area contributed by atoms with Crippen LogP contribution in [0.4, 0.5) is 0 Å². The Balaban J connectivity index is 1.47. The van der Waals surface area contributed by atoms with Crippen molar-refractivity contribution in [3.8, 4) is 0 Å². The molecule has 2 aliphatic heterocycles. The topological polar surface area (TPSA) is 102 Å². The van der Waals surface area contributed by atoms with Gasteiger partial charge < -0.3 is 25.3 Å². The van der Waals surface area contributed by atoms with Crippen LogP contribution in [0.3, 0.4) is 0 Å². The number of likely N-dealkylation sites (N-methyl/N-ethyl adjacent to an activating group) is 1. The minimum Gasteiger partial charge on any atom is -0.342 e. The Labute approximate surface area is 269 Å². The Hall–Kier alpha value is -3.95. The summed E-state index contributed by atoms with van der Waals surface area (Å²) in [6.07, 6.45) is 0.184. The lowest BCUT2D eigenvalue weighted by molar-refractivity contribution is -0.156. The molecule has 2 N–H and O–H groups in total. The van der Waals surface area contributed by atoms with E-state index in [2.05, 4.69) is 16.7 Å². The van der Waals surface area contributed by atoms with Gasteiger partial charge in [0.2, 0.25) is 23.6 Å². The predicted molar refractivity (Wildman–Crippen MR) is 175 cm³/mol. The SMILES string of the molecule is CN[C@@H](C)C(=O)N[C@H](C(=O)N1CC(=O)N2[C@@H]1CN(CCc1ccccc1Cl)C(=O)[C@@H]2Cc1ccc2ccccc2c1)C(C)(C)C. The number of carbonyl (C=O) groups excluding carboxylic acids is 4. The summed E-state index contributed by atoms with van der Waals surface area (Å²) in [5, 5.41) is 8.60. The van der Waals surface area contributed by atoms with Crippen molar-refractivity contribution in [3.05, 3.63) is 82.9 Å². The quantitative estimate of drug-likeness (QED) is 0.376. The third-order valence-electron chi connectivity index (χ3n) is 8.95. The van der Waals surface area contributed by atoms with Crippen molar-refractivity contribution in [2.24, 2.45) is 5.41 Å². The van der Waals surface area contributed by atoms with Gasteiger partial charge in [0.05, 0.1) is 12.6 Å². The molecule has 2 aliphatic rings. The molecule has 0 bridgehead atoms. The molecular formula is C35H42ClN5O4. The number of rotatable bonds is 9. The normalized spacial score (nSPS) is 19.9. The standard InChI is InChI=1S/C35H42ClN5O4/c1-22(37-5)32(43)38-31(35(2,3)4)34(45)40-21-30(42)41-28(19-23-14-15-24-10-6-7-12-26(24)18-23)33(44)39(20-29(40)41)17-16-25-11-8-9-13-27(25)36/h6-15,18,22,28-29,31,37H,16-17,19-21H2,1-5H3,(H,38,43)/t22-,28-,29+,31+/m0/s1. The Bertz CT molecular complexity index is 1600. The predicted octanol–water partition coefficient (Wildman–Crippen LogP) is 3.62. The van der Waals surface area contributed by atoms with Gasteiger partial charge >= 0.3 is 0 Å². The molecule has 4 atom stereocenters. The highest BCUT2D eigenvalue weighted by Gasteiger charge is 2.53. The van der Waals surface area contributed by atoms with Crippen molar-refractivity contribution in [1.29, 1.82) is 0 Å². The Morgan fingerprint density at radius 2 is 1.69 bits per heavy atom. The summed E-state index contributed by atoms with van der Waals surface area (Å²) >= 11 is 6.44. The molecule has 2 fully saturated rings. The van der Waals surface area contributed by atoms with E-state index in [4.69, 9.17) is 11.6 Å². The van der Waals surface area contributed by atoms with Crippen molar-refractivity contribution in [2.45, 2.75) is 64.8 Å². The minimum atomic E-state index is -0.873. The van der Waals surface area contributed by atoms with Crippen molar-refractivity contribution in [1.82, 2.24) is 25.3 Å². The van der Waals surface area contributed by atoms with E-state index >= 15 is 0 Å². The van der Waals surface area contributed by atoms with Crippen LogP contribution in [0.15, 0.2) is 66.7 Å². The number of benzene rings is 3. The number of piperazine rings is 1. The second-order valence-electron chi connectivity index (χ2n) is 13.1. The molecule has 2 saturated heterocycles. The van der Waals surface area contributed by atoms with Gasteiger partial charge in [-0.25, -0.2) is 0 Å². The molecule has 0 radical (unpaired) electrons. The fourth-order valence-corrected chi connectivity index (χ4v) is 6.43. The van der Waals surface area contributed by atoms with Crippen LogP contribution in [-0.2, 0) is 32.0 Å². The largest absolute Gasteiger partial charge is 0.342 e. The maximum Gasteiger partial charge on any atom is 0.247 e. The molecule has 10 heteroatoms. The maximum absolute atomic E-state index is 14.3. The van der Waals surface area contributed by atoms with Gasteiger partial charge in [-0.15, -0.1) is 0 Å². The maximum atomic E-state index is 14.3. The molecule has 0 saturated carbocycles. The first kappa shape index (κ1) is 32.4. The van der Waals surface area contributed by atoms with Gasteiger partial charge in [0, 0.05) is 18.0 Å². The van der Waals surface area contributed by atoms with Crippen LogP contribution in [0.5, 0.6) is 0 Å². The van der Waals surface area contributed by atoms with E-state index in [0.717, 1.165) is 21.9 Å². The zero-order chi connectivity index (χ0) is 32.5. The van der Waals surface area contributed by atoms with Crippen LogP contribution in [0.25, 0.3) is 10.8 Å². The summed E-state index contributed by atoms with van der Waals surface area (Å²) in [6.45, 7) is 7.79. The van der Waals surface area contributed by atoms with Gasteiger partial charge in [0.1, 0.15) is 24.8 Å². The number of nitrogens with zero attached hydrogens (tertiary/aromatic N) is 3. The number of carbonyl (C=O) groups is 4. The van der Waals surface area contributed by atoms with Gasteiger partial charge in [-0.3, -0.25) is 19.2 Å². The highest BCUT2D eigenvalue weighted by Crippen LogP contribution is 2.32. The van der Waals surface area contributed by atoms with E-state index in [1.807, 2.05) is 81.4 Å². The summed E-state index contributed by atoms with van der Waals surface area (Å²) < 4.78 is 0. The molecule has 0 aromatic heterocycles. The number of hydrogen-bond donors (Lipinski definition) is 2. The second kappa shape index (κ2) is 13.2. The lowest BCUT2D eigenvalue weighted by atomic mass is 9.85. The number of amides is 4. The number of halogens is 1. The first-order chi connectivity index (χ1) is 21.4. The Morgan fingerprint density at radius 3 is 2.38 bits per heavy atom. The van der Waals surface area contributed by atoms with E-state index in [9.17, 15) is 19.2 Å². The molecule has 45 heavy (non-hydrogen) atoms. The zero-order valence-electron chi connectivity index (χ0n) is 26.5. The fourth-order valence-electron chi connectivity index (χ4n) is 6.20. The monoisotopic (exact) mass is 631 g/mol. The highest BCUT2D eigenvalue weighted by atomic mass is 35.5. The zero-order valence-corrected chi connectivity index (χ0v) is 27.3. The van der Waals surface area contributed by atoms with Gasteiger partial charge in [0.15, 0.2) is 0 Å². The average molecular weight is 632 g/mol. The Kier molecular flexibility index (Phi) is 9.51. The highest BCUT2D eigenvalue weighted by molar-refractivity contribution is 6.31. The smallest absolute Gasteiger partial charge is 0.247 e. The van der Waals surface area contributed by atoms with Crippen molar-refractivity contribution >= 4 is 46.0 Å². The summed E-state index contributed by atoms with van der Waals surface area (Å²) in [7, 11) is 1.68. The van der Waals surface area contributed by atoms with Crippen LogP contribution < -0.4 is 10.6 Å². The van der Waals surface area contributed by atoms with Gasteiger partial charge in [-0.1, -0.05) is 93.0 Å². The molecule has 0 spiro atoms. The number of hydrogen-bond acceptors (Lipinski definition) is 5. The molecule has 0 unspecified atom stereocenters. The summed E-state index contributed by atoms with van der Waals surface area (Å²) in [6, 6.07) is 19.5. The van der Waals surface area contributed by atoms with Crippen molar-refractivity contribution in [3.63, 3.8) is 0 Å². The van der Waals surface area contributed by atoms with Gasteiger partial charge in [0.25, 0.3) is 0 Å². The van der Waals surface area contributed by atoms with Crippen LogP contribution in [0.2, 0.25) is 5.02 Å². The van der Waals surface area contributed by atoms with Crippen LogP contribution in [-0.4, -0.2) is 89.3 Å². The van der Waals surface area contributed by atoms with E-state index < -0.39 is 29.7 Å². The van der Waals surface area contributed by atoms with Crippen molar-refractivity contribution in [2.75, 3.05) is 26.7 Å². The molecule has 0 aliphatic carbocycles. The number of nitrogens with one attached hydrogen (secondary N) is 2. The molecule has 238 valence electrons. The second-order valence-corrected chi connectivity index (χ2v) is 13.5. The molecular weight excluding hydrogens is 590 g/mol. The molecule has 9 nitrogen and oxygen atoms in total. The summed E-state index contributed by atoms with van der Waals surface area (Å²) in [5.41, 5.74) is 1.22. The van der Waals surface area contributed by atoms with E-state index in [-0.39, 0.29) is 36.7 Å². The first-order valence-electron chi connectivity index (χ1n) is 15.5. The van der Waals surface area contributed by atoms with E-state index in [1.165, 1.54) is 0 Å². The average Bonchev–Trinajstić information content (AvgIpc) is 3.35. The van der Waals surface area contributed by atoms with Crippen molar-refractivity contribution < 1.29 is 19.2 Å². The summed E-state index contributed by atoms with van der Waals surface area (Å²) in [5.74, 6) is -1.08. The molecule has 3 aromatic carbocycles. The molecule has 2 heterocycles. The van der Waals surface area contributed by atoms with E-state index in [0.29, 0.717) is 24.4 Å². The lowest BCUT2D eigenvalue weighted by Gasteiger charge is -2.45.